The van der Waals surface area contributed by atoms with Crippen LogP contribution in [0.4, 0.5) is 4.79 Å². The molecule has 2 aromatic carbocycles. The van der Waals surface area contributed by atoms with Crippen LogP contribution in [0.3, 0.4) is 0 Å². The number of carbonyl (C=O) groups is 2. The molecule has 0 aliphatic carbocycles. The Morgan fingerprint density at radius 3 is 2.34 bits per heavy atom. The molecule has 0 aromatic heterocycles. The number of urea groups is 1. The molecule has 5 rings (SSSR count). The Balaban J connectivity index is 1.15. The Morgan fingerprint density at radius 1 is 0.909 bits per heavy atom. The van der Waals surface area contributed by atoms with Crippen LogP contribution in [0, 0.1) is 5.92 Å². The summed E-state index contributed by atoms with van der Waals surface area (Å²) in [5.74, 6) is 0.971. The number of esters is 1. The molecule has 0 spiro atoms. The summed E-state index contributed by atoms with van der Waals surface area (Å²) >= 11 is 0. The van der Waals surface area contributed by atoms with Gasteiger partial charge in [0, 0.05) is 18.8 Å². The average Bonchev–Trinajstić information content (AvgIpc) is 3.56. The van der Waals surface area contributed by atoms with Gasteiger partial charge in [0.05, 0.1) is 24.8 Å². The van der Waals surface area contributed by atoms with E-state index in [0.717, 1.165) is 69.6 Å². The normalized spacial score (nSPS) is 20.2. The quantitative estimate of drug-likeness (QED) is 0.207. The van der Waals surface area contributed by atoms with Crippen LogP contribution in [0.1, 0.15) is 76.0 Å². The van der Waals surface area contributed by atoms with E-state index in [-0.39, 0.29) is 18.6 Å². The van der Waals surface area contributed by atoms with Crippen LogP contribution in [0.25, 0.3) is 0 Å². The van der Waals surface area contributed by atoms with Gasteiger partial charge in [-0.1, -0.05) is 42.5 Å². The van der Waals surface area contributed by atoms with E-state index in [0.29, 0.717) is 30.3 Å². The van der Waals surface area contributed by atoms with E-state index in [2.05, 4.69) is 45.4 Å². The predicted octanol–water partition coefficient (Wildman–Crippen LogP) is 6.15. The smallest absolute Gasteiger partial charge is 0.338 e. The van der Waals surface area contributed by atoms with Crippen LogP contribution < -0.4 is 10.1 Å². The molecule has 1 atom stereocenters. The molecule has 2 fully saturated rings. The Bertz CT molecular complexity index is 1230. The van der Waals surface area contributed by atoms with Crippen molar-refractivity contribution in [1.82, 2.24) is 20.0 Å². The first-order valence-corrected chi connectivity index (χ1v) is 16.7. The first-order chi connectivity index (χ1) is 21.5. The lowest BCUT2D eigenvalue weighted by Gasteiger charge is -2.37. The van der Waals surface area contributed by atoms with Crippen molar-refractivity contribution in [3.05, 3.63) is 77.0 Å². The van der Waals surface area contributed by atoms with Crippen LogP contribution in [0.2, 0.25) is 0 Å². The van der Waals surface area contributed by atoms with E-state index in [1.807, 2.05) is 38.1 Å². The van der Waals surface area contributed by atoms with Crippen molar-refractivity contribution >= 4 is 12.0 Å². The van der Waals surface area contributed by atoms with Gasteiger partial charge in [0.25, 0.3) is 0 Å². The molecule has 0 bridgehead atoms. The highest BCUT2D eigenvalue weighted by molar-refractivity contribution is 5.95. The lowest BCUT2D eigenvalue weighted by molar-refractivity contribution is -0.139. The zero-order valence-electron chi connectivity index (χ0n) is 26.6. The highest BCUT2D eigenvalue weighted by Gasteiger charge is 2.36. The van der Waals surface area contributed by atoms with Crippen LogP contribution in [0.15, 0.2) is 65.9 Å². The molecule has 1 unspecified atom stereocenters. The summed E-state index contributed by atoms with van der Waals surface area (Å²) in [7, 11) is 0. The molecule has 2 saturated heterocycles. The van der Waals surface area contributed by atoms with E-state index in [1.165, 1.54) is 31.5 Å². The number of benzene rings is 2. The first-order valence-electron chi connectivity index (χ1n) is 16.7. The zero-order valence-corrected chi connectivity index (χ0v) is 26.6. The maximum Gasteiger partial charge on any atom is 0.338 e. The minimum Gasteiger partial charge on any atom is -0.494 e. The van der Waals surface area contributed by atoms with Crippen LogP contribution in [-0.4, -0.2) is 79.2 Å². The maximum atomic E-state index is 13.4. The maximum absolute atomic E-state index is 13.4. The molecule has 0 saturated carbocycles. The lowest BCUT2D eigenvalue weighted by Crippen LogP contribution is -2.48. The van der Waals surface area contributed by atoms with Gasteiger partial charge in [-0.25, -0.2) is 9.59 Å². The number of rotatable bonds is 14. The second-order valence-electron chi connectivity index (χ2n) is 12.4. The Morgan fingerprint density at radius 2 is 1.64 bits per heavy atom. The van der Waals surface area contributed by atoms with Crippen molar-refractivity contribution in [2.24, 2.45) is 5.92 Å². The molecule has 44 heavy (non-hydrogen) atoms. The van der Waals surface area contributed by atoms with Gasteiger partial charge >= 0.3 is 12.0 Å². The summed E-state index contributed by atoms with van der Waals surface area (Å²) in [6.45, 7) is 12.0. The van der Waals surface area contributed by atoms with E-state index in [1.54, 1.807) is 4.90 Å². The van der Waals surface area contributed by atoms with Crippen molar-refractivity contribution in [2.75, 3.05) is 52.5 Å². The number of hydrogen-bond acceptors (Lipinski definition) is 6. The number of piperidine rings is 1. The van der Waals surface area contributed by atoms with E-state index in [9.17, 15) is 9.59 Å². The van der Waals surface area contributed by atoms with Gasteiger partial charge in [-0.15, -0.1) is 0 Å². The standard InChI is InChI=1S/C36H50N4O4/c1-3-43-35(41)33-28(2)40(25-19-29-17-23-39(24-18-29)27-30-11-5-4-6-12-30)36(42)37-34(33)31-13-15-32(16-14-31)44-26-10-9-22-38-20-7-8-21-38/h4-6,11-16,29,34H,3,7-10,17-27H2,1-2H3,(H,37,42). The van der Waals surface area contributed by atoms with Gasteiger partial charge in [0.15, 0.2) is 0 Å². The average molecular weight is 603 g/mol. The topological polar surface area (TPSA) is 74.3 Å². The highest BCUT2D eigenvalue weighted by Crippen LogP contribution is 2.33. The van der Waals surface area contributed by atoms with E-state index < -0.39 is 6.04 Å². The number of allylic oxidation sites excluding steroid dienone is 1. The third-order valence-corrected chi connectivity index (χ3v) is 9.36. The number of nitrogens with zero attached hydrogens (tertiary/aromatic N) is 3. The Labute approximate surface area is 263 Å². The van der Waals surface area contributed by atoms with Crippen molar-refractivity contribution in [1.29, 1.82) is 0 Å². The summed E-state index contributed by atoms with van der Waals surface area (Å²) in [4.78, 5) is 33.4. The molecule has 2 amide bonds. The second kappa shape index (κ2) is 16.1. The van der Waals surface area contributed by atoms with Gasteiger partial charge in [-0.2, -0.15) is 0 Å². The molecular weight excluding hydrogens is 552 g/mol. The molecule has 2 aromatic rings. The van der Waals surface area contributed by atoms with Crippen LogP contribution in [0.5, 0.6) is 5.75 Å². The molecule has 0 radical (unpaired) electrons. The molecule has 3 aliphatic heterocycles. The van der Waals surface area contributed by atoms with Crippen molar-refractivity contribution in [3.8, 4) is 5.75 Å². The van der Waals surface area contributed by atoms with Crippen LogP contribution >= 0.6 is 0 Å². The highest BCUT2D eigenvalue weighted by atomic mass is 16.5. The van der Waals surface area contributed by atoms with Crippen molar-refractivity contribution in [2.45, 2.75) is 71.4 Å². The number of hydrogen-bond donors (Lipinski definition) is 1. The fourth-order valence-electron chi connectivity index (χ4n) is 6.75. The van der Waals surface area contributed by atoms with Crippen LogP contribution in [-0.2, 0) is 16.1 Å². The zero-order chi connectivity index (χ0) is 30.7. The van der Waals surface area contributed by atoms with Crippen molar-refractivity contribution < 1.29 is 19.1 Å². The fraction of sp³-hybridized carbons (Fsp3) is 0.556. The molecule has 3 aliphatic rings. The summed E-state index contributed by atoms with van der Waals surface area (Å²) < 4.78 is 11.5. The van der Waals surface area contributed by atoms with Gasteiger partial charge < -0.3 is 19.7 Å². The number of nitrogens with one attached hydrogen (secondary N) is 1. The fourth-order valence-corrected chi connectivity index (χ4v) is 6.75. The second-order valence-corrected chi connectivity index (χ2v) is 12.4. The number of carbonyl (C=O) groups excluding carboxylic acids is 2. The summed E-state index contributed by atoms with van der Waals surface area (Å²) in [6, 6.07) is 17.6. The molecule has 8 nitrogen and oxygen atoms in total. The molecule has 238 valence electrons. The number of unbranched alkanes of at least 4 members (excludes halogenated alkanes) is 1. The van der Waals surface area contributed by atoms with E-state index in [4.69, 9.17) is 9.47 Å². The molecular formula is C36H50N4O4. The summed E-state index contributed by atoms with van der Waals surface area (Å²) in [6.07, 6.45) is 7.96. The molecule has 1 N–H and O–H groups in total. The first kappa shape index (κ1) is 32.0. The minimum atomic E-state index is -0.562. The van der Waals surface area contributed by atoms with Gasteiger partial charge in [-0.05, 0) is 121 Å². The number of ether oxygens (including phenoxy) is 2. The lowest BCUT2D eigenvalue weighted by atomic mass is 9.92. The number of likely N-dealkylation sites (tertiary alicyclic amines) is 2. The van der Waals surface area contributed by atoms with Gasteiger partial charge in [0.1, 0.15) is 5.75 Å². The minimum absolute atomic E-state index is 0.166. The molecule has 3 heterocycles. The Kier molecular flexibility index (Phi) is 11.7. The largest absolute Gasteiger partial charge is 0.494 e. The summed E-state index contributed by atoms with van der Waals surface area (Å²) in [5, 5.41) is 3.11. The SMILES string of the molecule is CCOC(=O)C1=C(C)N(CCC2CCN(Cc3ccccc3)CC2)C(=O)NC1c1ccc(OCCCCN2CCCC2)cc1. The monoisotopic (exact) mass is 602 g/mol. The van der Waals surface area contributed by atoms with Gasteiger partial charge in [-0.3, -0.25) is 9.80 Å². The predicted molar refractivity (Wildman–Crippen MR) is 173 cm³/mol. The van der Waals surface area contributed by atoms with E-state index >= 15 is 0 Å². The third-order valence-electron chi connectivity index (χ3n) is 9.36. The van der Waals surface area contributed by atoms with Gasteiger partial charge in [0.2, 0.25) is 0 Å². The third kappa shape index (κ3) is 8.63. The summed E-state index contributed by atoms with van der Waals surface area (Å²) in [5.41, 5.74) is 3.37. The number of amides is 2. The van der Waals surface area contributed by atoms with Crippen molar-refractivity contribution in [3.63, 3.8) is 0 Å². The Hall–Kier alpha value is -3.36. The molecule has 8 heteroatoms.